The summed E-state index contributed by atoms with van der Waals surface area (Å²) in [6.07, 6.45) is 1.46. The highest BCUT2D eigenvalue weighted by Crippen LogP contribution is 2.21. The number of amides is 1. The molecule has 0 saturated carbocycles. The maximum Gasteiger partial charge on any atom is 0.274 e. The van der Waals surface area contributed by atoms with Gasteiger partial charge in [-0.25, -0.2) is 9.97 Å². The molecule has 1 amide bonds. The molecule has 0 unspecified atom stereocenters. The lowest BCUT2D eigenvalue weighted by atomic mass is 10.1. The van der Waals surface area contributed by atoms with Gasteiger partial charge in [0.2, 0.25) is 0 Å². The zero-order valence-electron chi connectivity index (χ0n) is 12.6. The smallest absolute Gasteiger partial charge is 0.274 e. The highest BCUT2D eigenvalue weighted by Gasteiger charge is 2.18. The number of carbonyl (C=O) groups excluding carboxylic acids is 1. The van der Waals surface area contributed by atoms with Crippen molar-refractivity contribution in [2.45, 2.75) is 6.04 Å². The fraction of sp³-hybridized carbons (Fsp3) is 0.267. The van der Waals surface area contributed by atoms with E-state index in [1.54, 1.807) is 31.4 Å². The van der Waals surface area contributed by atoms with Crippen molar-refractivity contribution in [3.05, 3.63) is 36.2 Å². The molecule has 0 aliphatic heterocycles. The van der Waals surface area contributed by atoms with Crippen molar-refractivity contribution >= 4 is 11.7 Å². The molecule has 23 heavy (non-hydrogen) atoms. The van der Waals surface area contributed by atoms with Crippen LogP contribution in [0.15, 0.2) is 30.5 Å². The Morgan fingerprint density at radius 1 is 1.30 bits per heavy atom. The minimum absolute atomic E-state index is 0.0330. The Morgan fingerprint density at radius 3 is 2.52 bits per heavy atom. The lowest BCUT2D eigenvalue weighted by Gasteiger charge is -2.14. The number of nitrogens with zero attached hydrogens (tertiary/aromatic N) is 2. The Morgan fingerprint density at radius 2 is 1.96 bits per heavy atom. The molecule has 0 atom stereocenters. The number of carbonyl (C=O) groups is 1. The van der Waals surface area contributed by atoms with Crippen molar-refractivity contribution in [3.8, 4) is 17.0 Å². The van der Waals surface area contributed by atoms with E-state index in [0.717, 1.165) is 5.56 Å². The number of aromatic nitrogens is 2. The van der Waals surface area contributed by atoms with Crippen LogP contribution in [0.4, 0.5) is 5.82 Å². The first-order chi connectivity index (χ1) is 11.1. The number of nitrogen functional groups attached to an aromatic ring is 1. The number of anilines is 1. The van der Waals surface area contributed by atoms with Gasteiger partial charge in [0, 0.05) is 5.56 Å². The van der Waals surface area contributed by atoms with E-state index in [0.29, 0.717) is 11.4 Å². The second-order valence-electron chi connectivity index (χ2n) is 4.75. The van der Waals surface area contributed by atoms with Gasteiger partial charge in [-0.3, -0.25) is 4.79 Å². The van der Waals surface area contributed by atoms with Crippen molar-refractivity contribution in [1.29, 1.82) is 0 Å². The number of aliphatic hydroxyl groups is 2. The number of rotatable bonds is 6. The van der Waals surface area contributed by atoms with Crippen LogP contribution in [0.1, 0.15) is 10.5 Å². The number of nitrogens with one attached hydrogen (secondary N) is 1. The molecule has 8 nitrogen and oxygen atoms in total. The van der Waals surface area contributed by atoms with Crippen molar-refractivity contribution in [3.63, 3.8) is 0 Å². The third kappa shape index (κ3) is 3.93. The average molecular weight is 318 g/mol. The number of nitrogens with two attached hydrogens (primary N) is 1. The molecule has 0 bridgehead atoms. The summed E-state index contributed by atoms with van der Waals surface area (Å²) in [5.41, 5.74) is 6.84. The van der Waals surface area contributed by atoms with Crippen LogP contribution in [0, 0.1) is 0 Å². The van der Waals surface area contributed by atoms with Gasteiger partial charge in [0.15, 0.2) is 11.5 Å². The van der Waals surface area contributed by atoms with Crippen LogP contribution in [0.5, 0.6) is 5.75 Å². The quantitative estimate of drug-likeness (QED) is 0.581. The van der Waals surface area contributed by atoms with Crippen LogP contribution in [-0.4, -0.2) is 52.5 Å². The number of hydrogen-bond donors (Lipinski definition) is 4. The molecule has 0 fully saturated rings. The summed E-state index contributed by atoms with van der Waals surface area (Å²) in [4.78, 5) is 20.3. The summed E-state index contributed by atoms with van der Waals surface area (Å²) in [5, 5.41) is 20.5. The van der Waals surface area contributed by atoms with Gasteiger partial charge in [0.1, 0.15) is 5.75 Å². The molecule has 1 aromatic heterocycles. The maximum atomic E-state index is 12.1. The summed E-state index contributed by atoms with van der Waals surface area (Å²) in [6, 6.07) is 6.31. The summed E-state index contributed by atoms with van der Waals surface area (Å²) in [5.74, 6) is 0.0525. The highest BCUT2D eigenvalue weighted by atomic mass is 16.5. The monoisotopic (exact) mass is 318 g/mol. The summed E-state index contributed by atoms with van der Waals surface area (Å²) in [7, 11) is 1.57. The molecule has 1 aromatic carbocycles. The highest BCUT2D eigenvalue weighted by molar-refractivity contribution is 5.97. The van der Waals surface area contributed by atoms with Gasteiger partial charge in [0.05, 0.1) is 38.3 Å². The van der Waals surface area contributed by atoms with E-state index in [1.807, 2.05) is 0 Å². The van der Waals surface area contributed by atoms with E-state index in [-0.39, 0.29) is 11.5 Å². The molecule has 1 heterocycles. The molecule has 0 saturated heterocycles. The van der Waals surface area contributed by atoms with E-state index >= 15 is 0 Å². The third-order valence-corrected chi connectivity index (χ3v) is 3.18. The number of benzene rings is 1. The van der Waals surface area contributed by atoms with E-state index < -0.39 is 25.2 Å². The van der Waals surface area contributed by atoms with Gasteiger partial charge in [-0.2, -0.15) is 0 Å². The first-order valence-corrected chi connectivity index (χ1v) is 6.88. The maximum absolute atomic E-state index is 12.1. The van der Waals surface area contributed by atoms with Gasteiger partial charge < -0.3 is 26.0 Å². The first kappa shape index (κ1) is 16.7. The molecule has 0 aliphatic rings. The first-order valence-electron chi connectivity index (χ1n) is 6.88. The third-order valence-electron chi connectivity index (χ3n) is 3.18. The summed E-state index contributed by atoms with van der Waals surface area (Å²) >= 11 is 0. The lowest BCUT2D eigenvalue weighted by Crippen LogP contribution is -2.40. The van der Waals surface area contributed by atoms with Crippen LogP contribution in [0.3, 0.4) is 0 Å². The Hall–Kier alpha value is -2.71. The Bertz CT molecular complexity index is 672. The minimum Gasteiger partial charge on any atom is -0.497 e. The molecular weight excluding hydrogens is 300 g/mol. The number of ether oxygens (including phenoxy) is 1. The van der Waals surface area contributed by atoms with Crippen LogP contribution in [0.2, 0.25) is 0 Å². The number of methoxy groups -OCH3 is 1. The second kappa shape index (κ2) is 7.52. The zero-order chi connectivity index (χ0) is 16.8. The molecular formula is C15H18N4O4. The van der Waals surface area contributed by atoms with Gasteiger partial charge in [-0.05, 0) is 24.3 Å². The molecule has 0 radical (unpaired) electrons. The van der Waals surface area contributed by atoms with Gasteiger partial charge >= 0.3 is 0 Å². The summed E-state index contributed by atoms with van der Waals surface area (Å²) < 4.78 is 5.09. The topological polar surface area (TPSA) is 131 Å². The van der Waals surface area contributed by atoms with E-state index in [4.69, 9.17) is 20.7 Å². The predicted molar refractivity (Wildman–Crippen MR) is 83.9 cm³/mol. The van der Waals surface area contributed by atoms with Crippen molar-refractivity contribution in [2.24, 2.45) is 0 Å². The van der Waals surface area contributed by atoms with Crippen molar-refractivity contribution in [2.75, 3.05) is 26.1 Å². The van der Waals surface area contributed by atoms with Gasteiger partial charge in [-0.15, -0.1) is 0 Å². The lowest BCUT2D eigenvalue weighted by molar-refractivity contribution is 0.0875. The minimum atomic E-state index is -0.784. The average Bonchev–Trinajstić information content (AvgIpc) is 2.60. The largest absolute Gasteiger partial charge is 0.497 e. The molecule has 0 spiro atoms. The normalized spacial score (nSPS) is 10.6. The number of hydrogen-bond acceptors (Lipinski definition) is 7. The Kier molecular flexibility index (Phi) is 5.45. The van der Waals surface area contributed by atoms with Crippen LogP contribution in [0.25, 0.3) is 11.3 Å². The predicted octanol–water partition coefficient (Wildman–Crippen LogP) is -0.183. The molecule has 2 aromatic rings. The van der Waals surface area contributed by atoms with Gasteiger partial charge in [0.25, 0.3) is 5.91 Å². The molecule has 5 N–H and O–H groups in total. The molecule has 2 rings (SSSR count). The molecule has 122 valence electrons. The molecule has 8 heteroatoms. The van der Waals surface area contributed by atoms with Crippen LogP contribution < -0.4 is 15.8 Å². The van der Waals surface area contributed by atoms with E-state index in [9.17, 15) is 4.79 Å². The standard InChI is InChI=1S/C15H18N4O4/c1-23-11-4-2-9(3-5-11)12-6-17-14(16)13(19-12)15(22)18-10(7-20)8-21/h2-6,10,20-21H,7-8H2,1H3,(H2,16,17)(H,18,22). The molecule has 0 aliphatic carbocycles. The summed E-state index contributed by atoms with van der Waals surface area (Å²) in [6.45, 7) is -0.790. The Balaban J connectivity index is 2.29. The van der Waals surface area contributed by atoms with Crippen LogP contribution in [-0.2, 0) is 0 Å². The van der Waals surface area contributed by atoms with Crippen molar-refractivity contribution < 1.29 is 19.7 Å². The number of aliphatic hydroxyl groups excluding tert-OH is 2. The Labute approximate surface area is 133 Å². The second-order valence-corrected chi connectivity index (χ2v) is 4.75. The fourth-order valence-corrected chi connectivity index (χ4v) is 1.87. The SMILES string of the molecule is COc1ccc(-c2cnc(N)c(C(=O)NC(CO)CO)n2)cc1. The van der Waals surface area contributed by atoms with E-state index in [2.05, 4.69) is 15.3 Å². The van der Waals surface area contributed by atoms with E-state index in [1.165, 1.54) is 6.20 Å². The van der Waals surface area contributed by atoms with Crippen molar-refractivity contribution in [1.82, 2.24) is 15.3 Å². The van der Waals surface area contributed by atoms with Gasteiger partial charge in [-0.1, -0.05) is 0 Å². The fourth-order valence-electron chi connectivity index (χ4n) is 1.87. The van der Waals surface area contributed by atoms with Crippen LogP contribution >= 0.6 is 0 Å². The zero-order valence-corrected chi connectivity index (χ0v) is 12.6.